The van der Waals surface area contributed by atoms with Crippen LogP contribution in [-0.4, -0.2) is 32.6 Å². The van der Waals surface area contributed by atoms with E-state index in [0.29, 0.717) is 18.1 Å². The molecule has 2 aromatic rings. The van der Waals surface area contributed by atoms with Crippen LogP contribution in [0.3, 0.4) is 0 Å². The van der Waals surface area contributed by atoms with E-state index in [4.69, 9.17) is 4.52 Å². The molecule has 0 fully saturated rings. The molecule has 0 spiro atoms. The topological polar surface area (TPSA) is 131 Å². The van der Waals surface area contributed by atoms with Crippen LogP contribution in [0.15, 0.2) is 22.7 Å². The Hall–Kier alpha value is -2.97. The second-order valence-electron chi connectivity index (χ2n) is 5.17. The highest BCUT2D eigenvalue weighted by Crippen LogP contribution is 2.26. The van der Waals surface area contributed by atoms with Gasteiger partial charge in [-0.15, -0.1) is 0 Å². The van der Waals surface area contributed by atoms with Crippen LogP contribution in [0.1, 0.15) is 41.8 Å². The molecule has 1 heterocycles. The number of rotatable bonds is 6. The average molecular weight is 320 g/mol. The molecule has 9 nitrogen and oxygen atoms in total. The Kier molecular flexibility index (Phi) is 4.89. The minimum atomic E-state index is -0.723. The first-order valence-electron chi connectivity index (χ1n) is 6.96. The molecule has 2 rings (SSSR count). The van der Waals surface area contributed by atoms with Crippen molar-refractivity contribution in [1.82, 2.24) is 15.5 Å². The van der Waals surface area contributed by atoms with E-state index in [1.807, 2.05) is 13.8 Å². The third-order valence-electron chi connectivity index (χ3n) is 3.06. The zero-order valence-corrected chi connectivity index (χ0v) is 12.6. The minimum Gasteiger partial charge on any atom is -0.502 e. The summed E-state index contributed by atoms with van der Waals surface area (Å²) in [5.41, 5.74) is -0.324. The van der Waals surface area contributed by atoms with Gasteiger partial charge in [0.25, 0.3) is 5.91 Å². The van der Waals surface area contributed by atoms with E-state index in [9.17, 15) is 20.0 Å². The number of phenols is 1. The quantitative estimate of drug-likeness (QED) is 0.612. The Balaban J connectivity index is 1.91. The van der Waals surface area contributed by atoms with Crippen molar-refractivity contribution in [2.24, 2.45) is 0 Å². The largest absolute Gasteiger partial charge is 0.502 e. The van der Waals surface area contributed by atoms with Gasteiger partial charge in [-0.2, -0.15) is 4.98 Å². The molecule has 0 radical (unpaired) electrons. The number of nitro groups is 1. The number of hydrogen-bond donors (Lipinski definition) is 2. The Labute approximate surface area is 131 Å². The van der Waals surface area contributed by atoms with Crippen LogP contribution < -0.4 is 5.32 Å². The maximum Gasteiger partial charge on any atom is 0.310 e. The van der Waals surface area contributed by atoms with E-state index >= 15 is 0 Å². The highest BCUT2D eigenvalue weighted by molar-refractivity contribution is 5.95. The lowest BCUT2D eigenvalue weighted by atomic mass is 10.1. The van der Waals surface area contributed by atoms with Gasteiger partial charge in [0.2, 0.25) is 5.89 Å². The second-order valence-corrected chi connectivity index (χ2v) is 5.17. The van der Waals surface area contributed by atoms with E-state index in [-0.39, 0.29) is 18.0 Å². The molecule has 0 saturated heterocycles. The number of nitrogens with one attached hydrogen (secondary N) is 1. The van der Waals surface area contributed by atoms with E-state index in [1.165, 1.54) is 6.07 Å². The lowest BCUT2D eigenvalue weighted by Gasteiger charge is -2.04. The first-order valence-corrected chi connectivity index (χ1v) is 6.96. The lowest BCUT2D eigenvalue weighted by Crippen LogP contribution is -2.25. The number of carbonyl (C=O) groups is 1. The summed E-state index contributed by atoms with van der Waals surface area (Å²) < 4.78 is 5.05. The molecule has 1 aromatic heterocycles. The van der Waals surface area contributed by atoms with Crippen LogP contribution in [0.5, 0.6) is 5.75 Å². The summed E-state index contributed by atoms with van der Waals surface area (Å²) in [6.45, 7) is 4.14. The Morgan fingerprint density at radius 1 is 1.48 bits per heavy atom. The van der Waals surface area contributed by atoms with E-state index in [0.717, 1.165) is 12.1 Å². The highest BCUT2D eigenvalue weighted by Gasteiger charge is 2.16. The molecular weight excluding hydrogens is 304 g/mol. The molecule has 1 aromatic carbocycles. The van der Waals surface area contributed by atoms with Crippen molar-refractivity contribution < 1.29 is 19.3 Å². The van der Waals surface area contributed by atoms with Gasteiger partial charge in [-0.1, -0.05) is 19.0 Å². The van der Waals surface area contributed by atoms with Crippen molar-refractivity contribution in [1.29, 1.82) is 0 Å². The standard InChI is InChI=1S/C14H16N4O5/c1-8(2)13-16-12(23-17-13)5-6-15-14(20)9-3-4-10(18(21)22)11(19)7-9/h3-4,7-8,19H,5-6H2,1-2H3,(H,15,20). The summed E-state index contributed by atoms with van der Waals surface area (Å²) in [4.78, 5) is 26.0. The van der Waals surface area contributed by atoms with Crippen molar-refractivity contribution in [2.45, 2.75) is 26.2 Å². The van der Waals surface area contributed by atoms with Gasteiger partial charge in [0.05, 0.1) is 4.92 Å². The van der Waals surface area contributed by atoms with Crippen molar-refractivity contribution in [3.8, 4) is 5.75 Å². The maximum atomic E-state index is 11.9. The maximum absolute atomic E-state index is 11.9. The van der Waals surface area contributed by atoms with Crippen molar-refractivity contribution in [3.63, 3.8) is 0 Å². The molecule has 23 heavy (non-hydrogen) atoms. The molecule has 0 aliphatic heterocycles. The van der Waals surface area contributed by atoms with Crippen LogP contribution >= 0.6 is 0 Å². The van der Waals surface area contributed by atoms with Gasteiger partial charge in [-0.25, -0.2) is 0 Å². The van der Waals surface area contributed by atoms with E-state index in [1.54, 1.807) is 0 Å². The van der Waals surface area contributed by atoms with Gasteiger partial charge in [-0.05, 0) is 12.1 Å². The molecule has 9 heteroatoms. The van der Waals surface area contributed by atoms with E-state index in [2.05, 4.69) is 15.5 Å². The van der Waals surface area contributed by atoms with Crippen LogP contribution in [-0.2, 0) is 6.42 Å². The molecule has 0 aliphatic rings. The van der Waals surface area contributed by atoms with Crippen LogP contribution in [0.2, 0.25) is 0 Å². The van der Waals surface area contributed by atoms with Gasteiger partial charge in [0, 0.05) is 30.5 Å². The molecule has 1 amide bonds. The minimum absolute atomic E-state index is 0.126. The fourth-order valence-electron chi connectivity index (χ4n) is 1.81. The van der Waals surface area contributed by atoms with Crippen molar-refractivity contribution in [2.75, 3.05) is 6.54 Å². The number of aromatic nitrogens is 2. The number of amides is 1. The molecule has 2 N–H and O–H groups in total. The van der Waals surface area contributed by atoms with Gasteiger partial charge in [0.1, 0.15) is 0 Å². The Morgan fingerprint density at radius 3 is 2.78 bits per heavy atom. The number of phenolic OH excluding ortho intramolecular Hbond substituents is 1. The van der Waals surface area contributed by atoms with Gasteiger partial charge < -0.3 is 14.9 Å². The summed E-state index contributed by atoms with van der Waals surface area (Å²) >= 11 is 0. The second kappa shape index (κ2) is 6.86. The zero-order valence-electron chi connectivity index (χ0n) is 12.6. The number of aromatic hydroxyl groups is 1. The molecule has 0 bridgehead atoms. The Bertz CT molecular complexity index is 726. The van der Waals surface area contributed by atoms with Crippen molar-refractivity contribution >= 4 is 11.6 Å². The summed E-state index contributed by atoms with van der Waals surface area (Å²) in [5.74, 6) is 0.164. The molecule has 0 unspecified atom stereocenters. The van der Waals surface area contributed by atoms with Gasteiger partial charge >= 0.3 is 5.69 Å². The molecule has 122 valence electrons. The third-order valence-corrected chi connectivity index (χ3v) is 3.06. The number of nitro benzene ring substituents is 1. The number of benzene rings is 1. The lowest BCUT2D eigenvalue weighted by molar-refractivity contribution is -0.385. The molecule has 0 saturated carbocycles. The monoisotopic (exact) mass is 320 g/mol. The van der Waals surface area contributed by atoms with Crippen molar-refractivity contribution in [3.05, 3.63) is 45.6 Å². The van der Waals surface area contributed by atoms with Gasteiger partial charge in [0.15, 0.2) is 11.6 Å². The highest BCUT2D eigenvalue weighted by atomic mass is 16.6. The predicted octanol–water partition coefficient (Wildman–Crippen LogP) is 1.78. The molecule has 0 atom stereocenters. The van der Waals surface area contributed by atoms with Crippen LogP contribution in [0.4, 0.5) is 5.69 Å². The third kappa shape index (κ3) is 4.02. The first-order chi connectivity index (χ1) is 10.9. The fraction of sp³-hybridized carbons (Fsp3) is 0.357. The number of hydrogen-bond acceptors (Lipinski definition) is 7. The molecular formula is C14H16N4O5. The summed E-state index contributed by atoms with van der Waals surface area (Å²) in [6.07, 6.45) is 0.365. The molecule has 0 aliphatic carbocycles. The van der Waals surface area contributed by atoms with Crippen LogP contribution in [0, 0.1) is 10.1 Å². The smallest absolute Gasteiger partial charge is 0.310 e. The number of carbonyl (C=O) groups excluding carboxylic acids is 1. The zero-order chi connectivity index (χ0) is 17.0. The summed E-state index contributed by atoms with van der Waals surface area (Å²) in [5, 5.41) is 26.5. The SMILES string of the molecule is CC(C)c1noc(CCNC(=O)c2ccc([N+](=O)[O-])c(O)c2)n1. The number of nitrogens with zero attached hydrogens (tertiary/aromatic N) is 3. The first kappa shape index (κ1) is 16.4. The predicted molar refractivity (Wildman–Crippen MR) is 79.2 cm³/mol. The van der Waals surface area contributed by atoms with Crippen LogP contribution in [0.25, 0.3) is 0 Å². The summed E-state index contributed by atoms with van der Waals surface area (Å²) in [7, 11) is 0. The van der Waals surface area contributed by atoms with Gasteiger partial charge in [-0.3, -0.25) is 14.9 Å². The Morgan fingerprint density at radius 2 is 2.22 bits per heavy atom. The average Bonchev–Trinajstić information content (AvgIpc) is 2.95. The fourth-order valence-corrected chi connectivity index (χ4v) is 1.81. The van der Waals surface area contributed by atoms with E-state index < -0.39 is 22.3 Å². The summed E-state index contributed by atoms with van der Waals surface area (Å²) in [6, 6.07) is 3.41. The normalized spacial score (nSPS) is 10.7.